The minimum absolute atomic E-state index is 0.216. The first-order valence-corrected chi connectivity index (χ1v) is 11.9. The summed E-state index contributed by atoms with van der Waals surface area (Å²) >= 11 is 6.16. The van der Waals surface area contributed by atoms with Gasteiger partial charge in [0.15, 0.2) is 0 Å². The molecule has 0 radical (unpaired) electrons. The molecule has 4 nitrogen and oxygen atoms in total. The molecule has 3 aromatic rings. The molecule has 1 unspecified atom stereocenters. The zero-order chi connectivity index (χ0) is 21.1. The average Bonchev–Trinajstić information content (AvgIpc) is 2.74. The van der Waals surface area contributed by atoms with Crippen LogP contribution in [0.4, 0.5) is 4.39 Å². The summed E-state index contributed by atoms with van der Waals surface area (Å²) in [6.45, 7) is 2.71. The fourth-order valence-electron chi connectivity index (χ4n) is 4.00. The lowest BCUT2D eigenvalue weighted by Gasteiger charge is -2.33. The molecule has 0 saturated carbocycles. The number of halogens is 2. The Kier molecular flexibility index (Phi) is 6.39. The van der Waals surface area contributed by atoms with Crippen LogP contribution < -0.4 is 4.72 Å². The van der Waals surface area contributed by atoms with E-state index in [4.69, 9.17) is 11.6 Å². The number of nitrogens with one attached hydrogen (secondary N) is 1. The maximum Gasteiger partial charge on any atom is 0.240 e. The first-order chi connectivity index (χ1) is 14.4. The Bertz CT molecular complexity index is 1150. The molecular formula is C23H24ClFN2O2S. The molecule has 1 N–H and O–H groups in total. The summed E-state index contributed by atoms with van der Waals surface area (Å²) in [7, 11) is -3.57. The van der Waals surface area contributed by atoms with Crippen molar-refractivity contribution in [1.29, 1.82) is 0 Å². The number of sulfonamides is 1. The fourth-order valence-corrected chi connectivity index (χ4v) is 5.38. The van der Waals surface area contributed by atoms with E-state index in [1.54, 1.807) is 18.2 Å². The van der Waals surface area contributed by atoms with E-state index in [2.05, 4.69) is 9.62 Å². The zero-order valence-electron chi connectivity index (χ0n) is 16.5. The fraction of sp³-hybridized carbons (Fsp3) is 0.304. The molecule has 3 aromatic carbocycles. The molecule has 0 aromatic heterocycles. The van der Waals surface area contributed by atoms with Crippen molar-refractivity contribution >= 4 is 32.4 Å². The molecule has 1 atom stereocenters. The Morgan fingerprint density at radius 2 is 1.87 bits per heavy atom. The van der Waals surface area contributed by atoms with Crippen LogP contribution >= 0.6 is 11.6 Å². The second-order valence-corrected chi connectivity index (χ2v) is 10.0. The van der Waals surface area contributed by atoms with Gasteiger partial charge in [0.1, 0.15) is 5.82 Å². The highest BCUT2D eigenvalue weighted by Crippen LogP contribution is 2.24. The predicted octanol–water partition coefficient (Wildman–Crippen LogP) is 4.82. The van der Waals surface area contributed by atoms with Crippen LogP contribution in [0, 0.1) is 11.7 Å². The molecule has 0 bridgehead atoms. The Labute approximate surface area is 181 Å². The van der Waals surface area contributed by atoms with Crippen molar-refractivity contribution in [1.82, 2.24) is 9.62 Å². The van der Waals surface area contributed by atoms with Crippen LogP contribution in [-0.2, 0) is 16.6 Å². The molecule has 1 saturated heterocycles. The number of rotatable bonds is 6. The van der Waals surface area contributed by atoms with Gasteiger partial charge in [-0.15, -0.1) is 0 Å². The minimum atomic E-state index is -3.57. The molecule has 7 heteroatoms. The van der Waals surface area contributed by atoms with E-state index in [1.807, 2.05) is 30.3 Å². The third-order valence-corrected chi connectivity index (χ3v) is 7.38. The first kappa shape index (κ1) is 21.2. The zero-order valence-corrected chi connectivity index (χ0v) is 18.1. The Hall–Kier alpha value is -1.99. The standard InChI is InChI=1S/C23H24ClFN2O2S/c24-23-13-21(25)9-7-20(23)16-27-11-3-4-17(15-27)14-26-30(28,29)22-10-8-18-5-1-2-6-19(18)12-22/h1-2,5-10,12-13,17,26H,3-4,11,14-16H2. The van der Waals surface area contributed by atoms with Gasteiger partial charge in [0.25, 0.3) is 0 Å². The van der Waals surface area contributed by atoms with Crippen molar-refractivity contribution in [3.63, 3.8) is 0 Å². The second-order valence-electron chi connectivity index (χ2n) is 7.84. The number of piperidine rings is 1. The van der Waals surface area contributed by atoms with Crippen molar-refractivity contribution in [2.24, 2.45) is 5.92 Å². The number of benzene rings is 3. The van der Waals surface area contributed by atoms with Crippen LogP contribution in [-0.4, -0.2) is 33.0 Å². The lowest BCUT2D eigenvalue weighted by atomic mass is 9.98. The lowest BCUT2D eigenvalue weighted by Crippen LogP contribution is -2.40. The number of nitrogens with zero attached hydrogens (tertiary/aromatic N) is 1. The molecule has 158 valence electrons. The van der Waals surface area contributed by atoms with Crippen LogP contribution in [0.1, 0.15) is 18.4 Å². The Balaban J connectivity index is 1.38. The van der Waals surface area contributed by atoms with Gasteiger partial charge in [-0.05, 0) is 65.9 Å². The smallest absolute Gasteiger partial charge is 0.240 e. The average molecular weight is 447 g/mol. The van der Waals surface area contributed by atoms with Gasteiger partial charge in [-0.1, -0.05) is 48.0 Å². The monoisotopic (exact) mass is 446 g/mol. The van der Waals surface area contributed by atoms with E-state index in [-0.39, 0.29) is 16.6 Å². The van der Waals surface area contributed by atoms with E-state index in [9.17, 15) is 12.8 Å². The largest absolute Gasteiger partial charge is 0.299 e. The molecule has 1 aliphatic rings. The van der Waals surface area contributed by atoms with Crippen LogP contribution in [0.3, 0.4) is 0 Å². The minimum Gasteiger partial charge on any atom is -0.299 e. The molecule has 1 heterocycles. The Morgan fingerprint density at radius 3 is 2.67 bits per heavy atom. The van der Waals surface area contributed by atoms with Crippen LogP contribution in [0.15, 0.2) is 65.6 Å². The summed E-state index contributed by atoms with van der Waals surface area (Å²) in [5, 5.41) is 2.34. The van der Waals surface area contributed by atoms with Gasteiger partial charge in [-0.3, -0.25) is 4.90 Å². The molecule has 0 aliphatic carbocycles. The molecule has 0 spiro atoms. The number of fused-ring (bicyclic) bond motifs is 1. The number of hydrogen-bond acceptors (Lipinski definition) is 3. The van der Waals surface area contributed by atoms with E-state index < -0.39 is 10.0 Å². The third kappa shape index (κ3) is 5.01. The van der Waals surface area contributed by atoms with E-state index in [0.717, 1.165) is 42.3 Å². The van der Waals surface area contributed by atoms with Gasteiger partial charge in [0, 0.05) is 24.7 Å². The normalized spacial score (nSPS) is 18.0. The molecular weight excluding hydrogens is 423 g/mol. The summed E-state index contributed by atoms with van der Waals surface area (Å²) in [6.07, 6.45) is 1.95. The van der Waals surface area contributed by atoms with Crippen molar-refractivity contribution in [3.05, 3.63) is 77.1 Å². The Morgan fingerprint density at radius 1 is 1.07 bits per heavy atom. The summed E-state index contributed by atoms with van der Waals surface area (Å²) in [6, 6.07) is 17.4. The maximum atomic E-state index is 13.3. The maximum absolute atomic E-state index is 13.3. The van der Waals surface area contributed by atoms with Crippen molar-refractivity contribution in [2.45, 2.75) is 24.3 Å². The SMILES string of the molecule is O=S(=O)(NCC1CCCN(Cc2ccc(F)cc2Cl)C1)c1ccc2ccccc2c1. The lowest BCUT2D eigenvalue weighted by molar-refractivity contribution is 0.169. The van der Waals surface area contributed by atoms with Crippen molar-refractivity contribution in [3.8, 4) is 0 Å². The summed E-state index contributed by atoms with van der Waals surface area (Å²) < 4.78 is 41.6. The summed E-state index contributed by atoms with van der Waals surface area (Å²) in [5.41, 5.74) is 0.885. The van der Waals surface area contributed by atoms with Crippen LogP contribution in [0.25, 0.3) is 10.8 Å². The third-order valence-electron chi connectivity index (χ3n) is 5.61. The second kappa shape index (κ2) is 9.02. The van der Waals surface area contributed by atoms with Crippen LogP contribution in [0.5, 0.6) is 0 Å². The highest BCUT2D eigenvalue weighted by molar-refractivity contribution is 7.89. The van der Waals surface area contributed by atoms with Gasteiger partial charge in [-0.25, -0.2) is 17.5 Å². The molecule has 1 fully saturated rings. The van der Waals surface area contributed by atoms with Gasteiger partial charge >= 0.3 is 0 Å². The van der Waals surface area contributed by atoms with Gasteiger partial charge in [0.2, 0.25) is 10.0 Å². The predicted molar refractivity (Wildman–Crippen MR) is 119 cm³/mol. The van der Waals surface area contributed by atoms with Gasteiger partial charge < -0.3 is 0 Å². The van der Waals surface area contributed by atoms with E-state index in [1.165, 1.54) is 12.1 Å². The molecule has 0 amide bonds. The van der Waals surface area contributed by atoms with Gasteiger partial charge in [-0.2, -0.15) is 0 Å². The van der Waals surface area contributed by atoms with Crippen molar-refractivity contribution < 1.29 is 12.8 Å². The highest BCUT2D eigenvalue weighted by atomic mass is 35.5. The quantitative estimate of drug-likeness (QED) is 0.590. The summed E-state index contributed by atoms with van der Waals surface area (Å²) in [5.74, 6) is -0.128. The van der Waals surface area contributed by atoms with E-state index >= 15 is 0 Å². The number of hydrogen-bond donors (Lipinski definition) is 1. The topological polar surface area (TPSA) is 49.4 Å². The number of likely N-dealkylation sites (tertiary alicyclic amines) is 1. The van der Waals surface area contributed by atoms with E-state index in [0.29, 0.717) is 18.1 Å². The molecule has 4 rings (SSSR count). The first-order valence-electron chi connectivity index (χ1n) is 10.1. The highest BCUT2D eigenvalue weighted by Gasteiger charge is 2.23. The van der Waals surface area contributed by atoms with Gasteiger partial charge in [0.05, 0.1) is 4.90 Å². The molecule has 1 aliphatic heterocycles. The van der Waals surface area contributed by atoms with Crippen molar-refractivity contribution in [2.75, 3.05) is 19.6 Å². The molecule has 30 heavy (non-hydrogen) atoms. The van der Waals surface area contributed by atoms with Crippen LogP contribution in [0.2, 0.25) is 5.02 Å². The summed E-state index contributed by atoms with van der Waals surface area (Å²) in [4.78, 5) is 2.53.